The molecule has 0 aromatic carbocycles. The Morgan fingerprint density at radius 1 is 1.80 bits per heavy atom. The second-order valence-corrected chi connectivity index (χ2v) is 1.96. The van der Waals surface area contributed by atoms with Crippen molar-refractivity contribution in [2.45, 2.75) is 6.04 Å². The van der Waals surface area contributed by atoms with Gasteiger partial charge in [-0.3, -0.25) is 4.99 Å². The summed E-state index contributed by atoms with van der Waals surface area (Å²) in [4.78, 5) is 3.87. The van der Waals surface area contributed by atoms with Gasteiger partial charge in [-0.05, 0) is 7.05 Å². The van der Waals surface area contributed by atoms with Crippen molar-refractivity contribution in [3.63, 3.8) is 0 Å². The van der Waals surface area contributed by atoms with Gasteiger partial charge in [-0.15, -0.1) is 0 Å². The number of nitrogens with one attached hydrogen (secondary N) is 1. The largest absolute Gasteiger partial charge is 0.390 e. The summed E-state index contributed by atoms with van der Waals surface area (Å²) in [6, 6.07) is 0.268. The number of hydrogen-bond donors (Lipinski definition) is 2. The molecule has 0 aromatic heterocycles. The van der Waals surface area contributed by atoms with Crippen LogP contribution in [0.1, 0.15) is 0 Å². The molecule has 10 heavy (non-hydrogen) atoms. The molecule has 60 valence electrons. The number of ether oxygens (including phenoxy) is 1. The molecule has 0 rings (SSSR count). The molecular weight excluding hydrogens is 130 g/mol. The molecule has 4 heteroatoms. The second kappa shape index (κ2) is 6.51. The molecule has 1 unspecified atom stereocenters. The molecule has 0 aliphatic heterocycles. The van der Waals surface area contributed by atoms with E-state index in [1.807, 2.05) is 7.05 Å². The maximum Gasteiger partial charge on any atom is 0.0798 e. The summed E-state index contributed by atoms with van der Waals surface area (Å²) in [6.45, 7) is 1.33. The van der Waals surface area contributed by atoms with Crippen molar-refractivity contribution in [2.75, 3.05) is 27.3 Å². The molecule has 0 aliphatic carbocycles. The fourth-order valence-corrected chi connectivity index (χ4v) is 0.617. The van der Waals surface area contributed by atoms with Gasteiger partial charge >= 0.3 is 0 Å². The summed E-state index contributed by atoms with van der Waals surface area (Å²) < 4.78 is 4.91. The number of hydrogen-bond acceptors (Lipinski definition) is 3. The van der Waals surface area contributed by atoms with E-state index in [2.05, 4.69) is 10.3 Å². The normalized spacial score (nSPS) is 14.2. The Bertz CT molecular complexity index is 95.0. The average Bonchev–Trinajstić information content (AvgIpc) is 1.98. The molecule has 0 radical (unpaired) electrons. The van der Waals surface area contributed by atoms with Gasteiger partial charge in [0.05, 0.1) is 19.5 Å². The van der Waals surface area contributed by atoms with E-state index in [1.54, 1.807) is 7.11 Å². The van der Waals surface area contributed by atoms with Gasteiger partial charge in [0.2, 0.25) is 0 Å². The Hall–Kier alpha value is -0.610. The zero-order chi connectivity index (χ0) is 7.82. The zero-order valence-corrected chi connectivity index (χ0v) is 6.50. The molecule has 4 nitrogen and oxygen atoms in total. The molecule has 0 bridgehead atoms. The smallest absolute Gasteiger partial charge is 0.0798 e. The van der Waals surface area contributed by atoms with Gasteiger partial charge in [-0.1, -0.05) is 0 Å². The molecule has 0 amide bonds. The van der Waals surface area contributed by atoms with Gasteiger partial charge in [-0.25, -0.2) is 0 Å². The fourth-order valence-electron chi connectivity index (χ4n) is 0.617. The zero-order valence-electron chi connectivity index (χ0n) is 6.50. The monoisotopic (exact) mass is 145 g/mol. The van der Waals surface area contributed by atoms with Crippen LogP contribution in [0.3, 0.4) is 0 Å². The van der Waals surface area contributed by atoms with Gasteiger partial charge in [0.15, 0.2) is 0 Å². The van der Waals surface area contributed by atoms with Crippen molar-refractivity contribution < 1.29 is 4.74 Å². The highest BCUT2D eigenvalue weighted by Gasteiger charge is 2.01. The summed E-state index contributed by atoms with van der Waals surface area (Å²) in [5.41, 5.74) is 5.07. The van der Waals surface area contributed by atoms with Gasteiger partial charge in [-0.2, -0.15) is 0 Å². The number of nitrogens with two attached hydrogens (primary N) is 1. The Balaban J connectivity index is 3.39. The Labute approximate surface area is 61.5 Å². The van der Waals surface area contributed by atoms with Crippen molar-refractivity contribution in [1.29, 1.82) is 0 Å². The highest BCUT2D eigenvalue weighted by atomic mass is 16.5. The van der Waals surface area contributed by atoms with Crippen LogP contribution >= 0.6 is 0 Å². The lowest BCUT2D eigenvalue weighted by Gasteiger charge is -2.10. The fraction of sp³-hybridized carbons (Fsp3) is 0.833. The van der Waals surface area contributed by atoms with E-state index in [1.165, 1.54) is 6.34 Å². The van der Waals surface area contributed by atoms with Crippen molar-refractivity contribution in [2.24, 2.45) is 10.7 Å². The SMILES string of the molecule is CNC(CN=CN)COC. The van der Waals surface area contributed by atoms with Crippen molar-refractivity contribution in [3.8, 4) is 0 Å². The summed E-state index contributed by atoms with van der Waals surface area (Å²) in [6.07, 6.45) is 1.31. The van der Waals surface area contributed by atoms with Crippen LogP contribution in [0, 0.1) is 0 Å². The van der Waals surface area contributed by atoms with E-state index in [4.69, 9.17) is 10.5 Å². The number of methoxy groups -OCH3 is 1. The molecule has 0 fully saturated rings. The van der Waals surface area contributed by atoms with E-state index < -0.39 is 0 Å². The first-order valence-corrected chi connectivity index (χ1v) is 3.21. The van der Waals surface area contributed by atoms with E-state index in [9.17, 15) is 0 Å². The molecule has 0 aromatic rings. The number of aliphatic imine (C=N–C) groups is 1. The second-order valence-electron chi connectivity index (χ2n) is 1.96. The van der Waals surface area contributed by atoms with E-state index in [-0.39, 0.29) is 6.04 Å². The van der Waals surface area contributed by atoms with Crippen molar-refractivity contribution >= 4 is 6.34 Å². The summed E-state index contributed by atoms with van der Waals surface area (Å²) >= 11 is 0. The maximum atomic E-state index is 5.07. The topological polar surface area (TPSA) is 59.6 Å². The lowest BCUT2D eigenvalue weighted by atomic mass is 10.3. The average molecular weight is 145 g/mol. The van der Waals surface area contributed by atoms with E-state index in [0.717, 1.165) is 0 Å². The third-order valence-corrected chi connectivity index (χ3v) is 1.21. The van der Waals surface area contributed by atoms with Gasteiger partial charge in [0.1, 0.15) is 0 Å². The number of nitrogens with zero attached hydrogens (tertiary/aromatic N) is 1. The maximum absolute atomic E-state index is 5.07. The number of rotatable bonds is 5. The van der Waals surface area contributed by atoms with Crippen LogP contribution < -0.4 is 11.1 Å². The first-order valence-electron chi connectivity index (χ1n) is 3.21. The Kier molecular flexibility index (Phi) is 6.11. The first-order chi connectivity index (χ1) is 4.85. The number of likely N-dealkylation sites (N-methyl/N-ethyl adjacent to an activating group) is 1. The van der Waals surface area contributed by atoms with E-state index in [0.29, 0.717) is 13.2 Å². The summed E-state index contributed by atoms with van der Waals surface area (Å²) in [7, 11) is 3.53. The Morgan fingerprint density at radius 2 is 2.50 bits per heavy atom. The van der Waals surface area contributed by atoms with E-state index >= 15 is 0 Å². The van der Waals surface area contributed by atoms with Crippen LogP contribution in [0.4, 0.5) is 0 Å². The van der Waals surface area contributed by atoms with Gasteiger partial charge in [0.25, 0.3) is 0 Å². The Morgan fingerprint density at radius 3 is 2.90 bits per heavy atom. The predicted molar refractivity (Wildman–Crippen MR) is 42.3 cm³/mol. The summed E-state index contributed by atoms with van der Waals surface area (Å²) in [5.74, 6) is 0. The van der Waals surface area contributed by atoms with Crippen LogP contribution in [0.25, 0.3) is 0 Å². The predicted octanol–water partition coefficient (Wildman–Crippen LogP) is -0.792. The first kappa shape index (κ1) is 9.39. The molecule has 0 heterocycles. The third kappa shape index (κ3) is 4.29. The highest BCUT2D eigenvalue weighted by molar-refractivity contribution is 5.51. The minimum atomic E-state index is 0.268. The lowest BCUT2D eigenvalue weighted by molar-refractivity contribution is 0.172. The minimum Gasteiger partial charge on any atom is -0.390 e. The van der Waals surface area contributed by atoms with Crippen LogP contribution in [-0.2, 0) is 4.74 Å². The van der Waals surface area contributed by atoms with Crippen LogP contribution in [0.5, 0.6) is 0 Å². The molecule has 0 saturated heterocycles. The van der Waals surface area contributed by atoms with Crippen molar-refractivity contribution in [1.82, 2.24) is 5.32 Å². The molecule has 0 saturated carbocycles. The van der Waals surface area contributed by atoms with Crippen LogP contribution in [0.2, 0.25) is 0 Å². The quantitative estimate of drug-likeness (QED) is 0.393. The van der Waals surface area contributed by atoms with Crippen molar-refractivity contribution in [3.05, 3.63) is 0 Å². The van der Waals surface area contributed by atoms with Crippen LogP contribution in [-0.4, -0.2) is 39.7 Å². The third-order valence-electron chi connectivity index (χ3n) is 1.21. The van der Waals surface area contributed by atoms with Gasteiger partial charge in [0, 0.05) is 13.2 Å². The lowest BCUT2D eigenvalue weighted by Crippen LogP contribution is -2.32. The standard InChI is InChI=1S/C6H15N3O/c1-8-6(4-10-2)3-9-5-7/h5-6,8H,3-4H2,1-2H3,(H2,7,9). The molecule has 3 N–H and O–H groups in total. The minimum absolute atomic E-state index is 0.268. The molecular formula is C6H15N3O. The molecule has 0 spiro atoms. The molecule has 0 aliphatic rings. The van der Waals surface area contributed by atoms with Crippen LogP contribution in [0.15, 0.2) is 4.99 Å². The summed E-state index contributed by atoms with van der Waals surface area (Å²) in [5, 5.41) is 3.04. The molecule has 1 atom stereocenters. The highest BCUT2D eigenvalue weighted by Crippen LogP contribution is 1.83. The van der Waals surface area contributed by atoms with Gasteiger partial charge < -0.3 is 15.8 Å².